The zero-order valence-electron chi connectivity index (χ0n) is 11.7. The van der Waals surface area contributed by atoms with E-state index in [-0.39, 0.29) is 18.1 Å². The van der Waals surface area contributed by atoms with Crippen LogP contribution in [0.25, 0.3) is 0 Å². The smallest absolute Gasteiger partial charge is 0.274 e. The van der Waals surface area contributed by atoms with Crippen LogP contribution in [-0.2, 0) is 4.79 Å². The average Bonchev–Trinajstić information content (AvgIpc) is 3.01. The van der Waals surface area contributed by atoms with Crippen LogP contribution < -0.4 is 10.6 Å². The van der Waals surface area contributed by atoms with Crippen LogP contribution in [0.4, 0.5) is 11.4 Å². The van der Waals surface area contributed by atoms with Crippen molar-refractivity contribution in [3.05, 3.63) is 56.3 Å². The van der Waals surface area contributed by atoms with Gasteiger partial charge in [0.15, 0.2) is 0 Å². The first-order valence-corrected chi connectivity index (χ1v) is 7.22. The Hall–Kier alpha value is -2.74. The molecule has 0 bridgehead atoms. The Morgan fingerprint density at radius 3 is 2.68 bits per heavy atom. The summed E-state index contributed by atoms with van der Waals surface area (Å²) in [6, 6.07) is 7.82. The number of nitro groups is 1. The number of benzene rings is 1. The molecule has 0 aliphatic carbocycles. The van der Waals surface area contributed by atoms with Crippen LogP contribution in [0.1, 0.15) is 15.2 Å². The van der Waals surface area contributed by atoms with Gasteiger partial charge in [0.25, 0.3) is 11.6 Å². The molecule has 114 valence electrons. The first-order chi connectivity index (χ1) is 10.5. The van der Waals surface area contributed by atoms with E-state index in [0.29, 0.717) is 16.1 Å². The van der Waals surface area contributed by atoms with Gasteiger partial charge < -0.3 is 10.6 Å². The highest BCUT2D eigenvalue weighted by Gasteiger charge is 2.15. The first-order valence-electron chi connectivity index (χ1n) is 6.34. The van der Waals surface area contributed by atoms with E-state index >= 15 is 0 Å². The van der Waals surface area contributed by atoms with Crippen LogP contribution in [-0.4, -0.2) is 23.3 Å². The third-order valence-corrected chi connectivity index (χ3v) is 3.80. The second-order valence-electron chi connectivity index (χ2n) is 4.41. The van der Waals surface area contributed by atoms with Crippen molar-refractivity contribution in [2.24, 2.45) is 0 Å². The number of carbonyl (C=O) groups is 2. The molecule has 0 aliphatic rings. The van der Waals surface area contributed by atoms with Crippen molar-refractivity contribution in [3.8, 4) is 0 Å². The number of thiophene rings is 1. The standard InChI is InChI=1S/C14H13N3O4S/c1-9-10(4-2-5-11(9)17(20)21)16-13(18)8-15-14(19)12-6-3-7-22-12/h2-7H,8H2,1H3,(H,15,19)(H,16,18). The quantitative estimate of drug-likeness (QED) is 0.652. The molecule has 0 fully saturated rings. The number of nitro benzene ring substituents is 1. The van der Waals surface area contributed by atoms with E-state index < -0.39 is 10.8 Å². The fourth-order valence-corrected chi connectivity index (χ4v) is 2.45. The molecular formula is C14H13N3O4S. The first kappa shape index (κ1) is 15.6. The zero-order valence-corrected chi connectivity index (χ0v) is 12.5. The minimum Gasteiger partial charge on any atom is -0.342 e. The molecule has 2 aromatic rings. The fourth-order valence-electron chi connectivity index (χ4n) is 1.81. The Morgan fingerprint density at radius 1 is 1.27 bits per heavy atom. The van der Waals surface area contributed by atoms with Gasteiger partial charge >= 0.3 is 0 Å². The number of nitrogens with one attached hydrogen (secondary N) is 2. The molecule has 1 aromatic carbocycles. The summed E-state index contributed by atoms with van der Waals surface area (Å²) in [6.45, 7) is 1.34. The summed E-state index contributed by atoms with van der Waals surface area (Å²) in [4.78, 5) is 34.4. The Balaban J connectivity index is 1.97. The van der Waals surface area contributed by atoms with Gasteiger partial charge in [0.2, 0.25) is 5.91 Å². The summed E-state index contributed by atoms with van der Waals surface area (Å²) >= 11 is 1.28. The molecular weight excluding hydrogens is 306 g/mol. The second-order valence-corrected chi connectivity index (χ2v) is 5.36. The molecule has 0 radical (unpaired) electrons. The third-order valence-electron chi connectivity index (χ3n) is 2.93. The van der Waals surface area contributed by atoms with E-state index in [1.54, 1.807) is 30.5 Å². The number of anilines is 1. The van der Waals surface area contributed by atoms with E-state index in [1.165, 1.54) is 23.5 Å². The number of nitrogens with zero attached hydrogens (tertiary/aromatic N) is 1. The topological polar surface area (TPSA) is 101 Å². The van der Waals surface area contributed by atoms with Gasteiger partial charge in [0.1, 0.15) is 0 Å². The van der Waals surface area contributed by atoms with Crippen LogP contribution in [0.2, 0.25) is 0 Å². The van der Waals surface area contributed by atoms with Crippen LogP contribution in [0, 0.1) is 17.0 Å². The van der Waals surface area contributed by atoms with Gasteiger partial charge in [-0.1, -0.05) is 12.1 Å². The predicted octanol–water partition coefficient (Wildman–Crippen LogP) is 2.33. The second kappa shape index (κ2) is 6.81. The van der Waals surface area contributed by atoms with E-state index in [4.69, 9.17) is 0 Å². The van der Waals surface area contributed by atoms with Gasteiger partial charge in [-0.25, -0.2) is 0 Å². The highest BCUT2D eigenvalue weighted by molar-refractivity contribution is 7.12. The molecule has 2 amide bonds. The Morgan fingerprint density at radius 2 is 2.05 bits per heavy atom. The molecule has 2 N–H and O–H groups in total. The lowest BCUT2D eigenvalue weighted by molar-refractivity contribution is -0.385. The van der Waals surface area contributed by atoms with Crippen molar-refractivity contribution in [2.75, 3.05) is 11.9 Å². The van der Waals surface area contributed by atoms with Gasteiger partial charge in [0, 0.05) is 6.07 Å². The van der Waals surface area contributed by atoms with E-state index in [0.717, 1.165) is 0 Å². The van der Waals surface area contributed by atoms with E-state index in [1.807, 2.05) is 0 Å². The summed E-state index contributed by atoms with van der Waals surface area (Å²) in [7, 11) is 0. The van der Waals surface area contributed by atoms with Gasteiger partial charge in [-0.3, -0.25) is 19.7 Å². The lowest BCUT2D eigenvalue weighted by Crippen LogP contribution is -2.32. The third kappa shape index (κ3) is 3.67. The summed E-state index contributed by atoms with van der Waals surface area (Å²) in [5, 5.41) is 17.6. The summed E-state index contributed by atoms with van der Waals surface area (Å²) in [5.41, 5.74) is 0.649. The predicted molar refractivity (Wildman–Crippen MR) is 83.1 cm³/mol. The Kier molecular flexibility index (Phi) is 4.84. The lowest BCUT2D eigenvalue weighted by Gasteiger charge is -2.09. The lowest BCUT2D eigenvalue weighted by atomic mass is 10.1. The average molecular weight is 319 g/mol. The van der Waals surface area contributed by atoms with Crippen molar-refractivity contribution >= 4 is 34.5 Å². The monoisotopic (exact) mass is 319 g/mol. The number of hydrogen-bond donors (Lipinski definition) is 2. The minimum absolute atomic E-state index is 0.0691. The Labute approximate surface area is 130 Å². The molecule has 22 heavy (non-hydrogen) atoms. The molecule has 0 aliphatic heterocycles. The van der Waals surface area contributed by atoms with Crippen LogP contribution in [0.15, 0.2) is 35.7 Å². The van der Waals surface area contributed by atoms with Gasteiger partial charge in [-0.05, 0) is 24.4 Å². The maximum absolute atomic E-state index is 11.8. The normalized spacial score (nSPS) is 10.0. The zero-order chi connectivity index (χ0) is 16.1. The number of amides is 2. The SMILES string of the molecule is Cc1c(NC(=O)CNC(=O)c2cccs2)cccc1[N+](=O)[O-]. The summed E-state index contributed by atoms with van der Waals surface area (Å²) in [5.74, 6) is -0.783. The highest BCUT2D eigenvalue weighted by atomic mass is 32.1. The largest absolute Gasteiger partial charge is 0.342 e. The molecule has 0 atom stereocenters. The molecule has 0 unspecified atom stereocenters. The molecule has 0 saturated heterocycles. The van der Waals surface area contributed by atoms with E-state index in [2.05, 4.69) is 10.6 Å². The summed E-state index contributed by atoms with van der Waals surface area (Å²) in [6.07, 6.45) is 0. The molecule has 8 heteroatoms. The van der Waals surface area contributed by atoms with Crippen LogP contribution in [0.5, 0.6) is 0 Å². The van der Waals surface area contributed by atoms with Gasteiger partial charge in [-0.15, -0.1) is 11.3 Å². The van der Waals surface area contributed by atoms with Gasteiger partial charge in [-0.2, -0.15) is 0 Å². The Bertz CT molecular complexity index is 713. The molecule has 0 saturated carbocycles. The van der Waals surface area contributed by atoms with Crippen molar-refractivity contribution < 1.29 is 14.5 Å². The molecule has 7 nitrogen and oxygen atoms in total. The fraction of sp³-hybridized carbons (Fsp3) is 0.143. The van der Waals surface area contributed by atoms with Crippen molar-refractivity contribution in [3.63, 3.8) is 0 Å². The van der Waals surface area contributed by atoms with Crippen molar-refractivity contribution in [2.45, 2.75) is 6.92 Å². The molecule has 2 rings (SSSR count). The number of rotatable bonds is 5. The maximum atomic E-state index is 11.8. The van der Waals surface area contributed by atoms with Gasteiger partial charge in [0.05, 0.1) is 27.6 Å². The van der Waals surface area contributed by atoms with Crippen LogP contribution in [0.3, 0.4) is 0 Å². The van der Waals surface area contributed by atoms with Crippen LogP contribution >= 0.6 is 11.3 Å². The number of carbonyl (C=O) groups excluding carboxylic acids is 2. The molecule has 0 spiro atoms. The minimum atomic E-state index is -0.510. The van der Waals surface area contributed by atoms with E-state index in [9.17, 15) is 19.7 Å². The molecule has 1 heterocycles. The number of hydrogen-bond acceptors (Lipinski definition) is 5. The highest BCUT2D eigenvalue weighted by Crippen LogP contribution is 2.24. The summed E-state index contributed by atoms with van der Waals surface area (Å²) < 4.78 is 0. The maximum Gasteiger partial charge on any atom is 0.274 e. The van der Waals surface area contributed by atoms with Crippen molar-refractivity contribution in [1.82, 2.24) is 5.32 Å². The molecule has 1 aromatic heterocycles. The van der Waals surface area contributed by atoms with Crippen molar-refractivity contribution in [1.29, 1.82) is 0 Å².